The Balaban J connectivity index is 1.48. The van der Waals surface area contributed by atoms with E-state index in [0.717, 1.165) is 19.4 Å². The number of ether oxygens (including phenoxy) is 3. The first-order valence-corrected chi connectivity index (χ1v) is 9.82. The predicted molar refractivity (Wildman–Crippen MR) is 115 cm³/mol. The lowest BCUT2D eigenvalue weighted by molar-refractivity contribution is -0.139. The molecule has 0 radical (unpaired) electrons. The zero-order valence-electron chi connectivity index (χ0n) is 17.5. The molecule has 31 heavy (non-hydrogen) atoms. The molecule has 0 aliphatic carbocycles. The van der Waals surface area contributed by atoms with Crippen molar-refractivity contribution in [3.63, 3.8) is 0 Å². The Morgan fingerprint density at radius 3 is 2.52 bits per heavy atom. The third-order valence-corrected chi connectivity index (χ3v) is 4.56. The fraction of sp³-hybridized carbons (Fsp3) is 0.261. The Bertz CT molecular complexity index is 1010. The van der Waals surface area contributed by atoms with Gasteiger partial charge in [0, 0.05) is 12.6 Å². The fourth-order valence-electron chi connectivity index (χ4n) is 2.97. The number of nitrogens with zero attached hydrogens (tertiary/aromatic N) is 3. The minimum absolute atomic E-state index is 0.0318. The van der Waals surface area contributed by atoms with Gasteiger partial charge >= 0.3 is 5.97 Å². The van der Waals surface area contributed by atoms with Gasteiger partial charge in [0.05, 0.1) is 20.4 Å². The maximum atomic E-state index is 12.0. The lowest BCUT2D eigenvalue weighted by Gasteiger charge is -2.09. The molecule has 0 amide bonds. The van der Waals surface area contributed by atoms with E-state index < -0.39 is 5.97 Å². The largest absolute Gasteiger partial charge is 0.502 e. The van der Waals surface area contributed by atoms with E-state index in [9.17, 15) is 9.90 Å². The number of aromatic nitrogens is 3. The highest BCUT2D eigenvalue weighted by Gasteiger charge is 2.10. The topological polar surface area (TPSA) is 95.7 Å². The highest BCUT2D eigenvalue weighted by Crippen LogP contribution is 2.37. The highest BCUT2D eigenvalue weighted by atomic mass is 16.5. The number of carbonyl (C=O) groups excluding carboxylic acids is 1. The summed E-state index contributed by atoms with van der Waals surface area (Å²) >= 11 is 0. The summed E-state index contributed by atoms with van der Waals surface area (Å²) in [6.07, 6.45) is 6.51. The Hall–Kier alpha value is -3.81. The van der Waals surface area contributed by atoms with Crippen LogP contribution in [0.1, 0.15) is 23.2 Å². The number of aromatic hydroxyl groups is 1. The molecular formula is C23H25N3O5. The van der Waals surface area contributed by atoms with Gasteiger partial charge in [-0.05, 0) is 42.2 Å². The average Bonchev–Trinajstić information content (AvgIpc) is 3.25. The summed E-state index contributed by atoms with van der Waals surface area (Å²) in [7, 11) is 2.87. The second-order valence-corrected chi connectivity index (χ2v) is 6.78. The van der Waals surface area contributed by atoms with Crippen LogP contribution in [0.5, 0.6) is 17.2 Å². The number of rotatable bonds is 10. The number of phenols is 1. The van der Waals surface area contributed by atoms with Crippen molar-refractivity contribution in [1.82, 2.24) is 15.0 Å². The molecule has 1 N–H and O–H groups in total. The van der Waals surface area contributed by atoms with Gasteiger partial charge in [0.1, 0.15) is 12.3 Å². The average molecular weight is 423 g/mol. The lowest BCUT2D eigenvalue weighted by atomic mass is 10.1. The highest BCUT2D eigenvalue weighted by molar-refractivity contribution is 5.87. The molecule has 0 bridgehead atoms. The van der Waals surface area contributed by atoms with Crippen LogP contribution >= 0.6 is 0 Å². The molecule has 0 aliphatic rings. The first kappa shape index (κ1) is 21.9. The lowest BCUT2D eigenvalue weighted by Crippen LogP contribution is -2.01. The van der Waals surface area contributed by atoms with Gasteiger partial charge in [0.25, 0.3) is 0 Å². The van der Waals surface area contributed by atoms with Gasteiger partial charge in [0.2, 0.25) is 5.75 Å². The van der Waals surface area contributed by atoms with Gasteiger partial charge in [-0.2, -0.15) is 0 Å². The van der Waals surface area contributed by atoms with Crippen LogP contribution in [0.4, 0.5) is 0 Å². The molecule has 2 aromatic carbocycles. The van der Waals surface area contributed by atoms with Crippen molar-refractivity contribution in [2.75, 3.05) is 14.2 Å². The predicted octanol–water partition coefficient (Wildman–Crippen LogP) is 3.39. The van der Waals surface area contributed by atoms with Crippen LogP contribution < -0.4 is 9.47 Å². The van der Waals surface area contributed by atoms with Crippen molar-refractivity contribution >= 4 is 12.0 Å². The number of hydrogen-bond acceptors (Lipinski definition) is 7. The van der Waals surface area contributed by atoms with Crippen LogP contribution in [0.2, 0.25) is 0 Å². The second-order valence-electron chi connectivity index (χ2n) is 6.78. The molecule has 1 heterocycles. The summed E-state index contributed by atoms with van der Waals surface area (Å²) in [6.45, 7) is 0.768. The van der Waals surface area contributed by atoms with Crippen molar-refractivity contribution in [1.29, 1.82) is 0 Å². The van der Waals surface area contributed by atoms with E-state index in [2.05, 4.69) is 22.4 Å². The van der Waals surface area contributed by atoms with Gasteiger partial charge in [-0.1, -0.05) is 35.5 Å². The van der Waals surface area contributed by atoms with Gasteiger partial charge in [-0.25, -0.2) is 4.79 Å². The molecule has 8 heteroatoms. The van der Waals surface area contributed by atoms with Gasteiger partial charge in [-0.15, -0.1) is 5.10 Å². The Morgan fingerprint density at radius 1 is 1.13 bits per heavy atom. The van der Waals surface area contributed by atoms with Crippen molar-refractivity contribution in [2.24, 2.45) is 0 Å². The molecule has 0 atom stereocenters. The standard InChI is InChI=1S/C23H25N3O5/c1-29-20-13-18(14-21(30-2)23(20)28)10-11-22(27)31-16-19-15-26(25-24-19)12-6-9-17-7-4-3-5-8-17/h3-5,7-8,10-11,13-15,28H,6,9,12,16H2,1-2H3/b11-10+. The zero-order valence-corrected chi connectivity index (χ0v) is 17.5. The summed E-state index contributed by atoms with van der Waals surface area (Å²) in [4.78, 5) is 12.0. The van der Waals surface area contributed by atoms with E-state index in [1.807, 2.05) is 18.2 Å². The van der Waals surface area contributed by atoms with Gasteiger partial charge in [-0.3, -0.25) is 4.68 Å². The van der Waals surface area contributed by atoms with Gasteiger partial charge in [0.15, 0.2) is 11.5 Å². The minimum Gasteiger partial charge on any atom is -0.502 e. The number of carbonyl (C=O) groups is 1. The molecule has 0 saturated heterocycles. The van der Waals surface area contributed by atoms with E-state index in [1.54, 1.807) is 29.1 Å². The first-order valence-electron chi connectivity index (χ1n) is 9.82. The third-order valence-electron chi connectivity index (χ3n) is 4.56. The van der Waals surface area contributed by atoms with Crippen molar-refractivity contribution in [3.8, 4) is 17.2 Å². The van der Waals surface area contributed by atoms with E-state index in [0.29, 0.717) is 11.3 Å². The summed E-state index contributed by atoms with van der Waals surface area (Å²) in [6, 6.07) is 13.4. The van der Waals surface area contributed by atoms with E-state index in [4.69, 9.17) is 14.2 Å². The van der Waals surface area contributed by atoms with Crippen LogP contribution in [-0.2, 0) is 29.1 Å². The van der Waals surface area contributed by atoms with Crippen molar-refractivity contribution in [3.05, 3.63) is 71.6 Å². The molecular weight excluding hydrogens is 398 g/mol. The molecule has 0 spiro atoms. The first-order chi connectivity index (χ1) is 15.1. The molecule has 0 saturated carbocycles. The Morgan fingerprint density at radius 2 is 1.84 bits per heavy atom. The summed E-state index contributed by atoms with van der Waals surface area (Å²) in [5, 5.41) is 18.0. The van der Waals surface area contributed by atoms with Crippen LogP contribution in [-0.4, -0.2) is 40.3 Å². The quantitative estimate of drug-likeness (QED) is 0.394. The SMILES string of the molecule is COc1cc(/C=C/C(=O)OCc2cn(CCCc3ccccc3)nn2)cc(OC)c1O. The maximum absolute atomic E-state index is 12.0. The number of esters is 1. The van der Waals surface area contributed by atoms with Gasteiger partial charge < -0.3 is 19.3 Å². The number of methoxy groups -OCH3 is 2. The molecule has 0 fully saturated rings. The molecule has 8 nitrogen and oxygen atoms in total. The van der Waals surface area contributed by atoms with E-state index in [-0.39, 0.29) is 23.9 Å². The fourth-order valence-corrected chi connectivity index (χ4v) is 2.97. The monoisotopic (exact) mass is 423 g/mol. The number of aryl methyl sites for hydroxylation is 2. The molecule has 3 aromatic rings. The summed E-state index contributed by atoms with van der Waals surface area (Å²) in [5.74, 6) is -0.131. The summed E-state index contributed by atoms with van der Waals surface area (Å²) in [5.41, 5.74) is 2.48. The molecule has 0 unspecified atom stereocenters. The number of benzene rings is 2. The molecule has 1 aromatic heterocycles. The smallest absolute Gasteiger partial charge is 0.331 e. The van der Waals surface area contributed by atoms with E-state index in [1.165, 1.54) is 25.9 Å². The van der Waals surface area contributed by atoms with Crippen LogP contribution in [0.15, 0.2) is 54.7 Å². The zero-order chi connectivity index (χ0) is 22.1. The van der Waals surface area contributed by atoms with E-state index >= 15 is 0 Å². The maximum Gasteiger partial charge on any atom is 0.331 e. The number of hydrogen-bond donors (Lipinski definition) is 1. The number of phenolic OH excluding ortho intramolecular Hbond substituents is 1. The second kappa shape index (κ2) is 10.8. The van der Waals surface area contributed by atoms with Crippen molar-refractivity contribution < 1.29 is 24.1 Å². The van der Waals surface area contributed by atoms with Crippen LogP contribution in [0, 0.1) is 0 Å². The Kier molecular flexibility index (Phi) is 7.64. The van der Waals surface area contributed by atoms with Crippen LogP contribution in [0.3, 0.4) is 0 Å². The normalized spacial score (nSPS) is 10.9. The van der Waals surface area contributed by atoms with Crippen molar-refractivity contribution in [2.45, 2.75) is 26.0 Å². The molecule has 0 aliphatic heterocycles. The van der Waals surface area contributed by atoms with Crippen LogP contribution in [0.25, 0.3) is 6.08 Å². The summed E-state index contributed by atoms with van der Waals surface area (Å²) < 4.78 is 17.2. The molecule has 3 rings (SSSR count). The minimum atomic E-state index is -0.523. The Labute approximate surface area is 180 Å². The molecule has 162 valence electrons. The third kappa shape index (κ3) is 6.33.